The largest absolute Gasteiger partial charge is 0.336 e. The van der Waals surface area contributed by atoms with E-state index < -0.39 is 29.4 Å². The summed E-state index contributed by atoms with van der Waals surface area (Å²) in [5.74, 6) is -0.892. The quantitative estimate of drug-likeness (QED) is 0.838. The summed E-state index contributed by atoms with van der Waals surface area (Å²) in [7, 11) is 0. The van der Waals surface area contributed by atoms with E-state index in [0.717, 1.165) is 23.3 Å². The highest BCUT2D eigenvalue weighted by Crippen LogP contribution is 2.29. The lowest BCUT2D eigenvalue weighted by Crippen LogP contribution is -2.50. The van der Waals surface area contributed by atoms with Gasteiger partial charge >= 0.3 is 6.03 Å². The number of anilines is 1. The molecule has 1 N–H and O–H groups in total. The fourth-order valence-corrected chi connectivity index (χ4v) is 3.60. The van der Waals surface area contributed by atoms with Crippen LogP contribution in [0.1, 0.15) is 38.2 Å². The number of aryl methyl sites for hydroxylation is 1. The fraction of sp³-hybridized carbons (Fsp3) is 0.474. The van der Waals surface area contributed by atoms with Crippen molar-refractivity contribution in [2.75, 3.05) is 11.4 Å². The van der Waals surface area contributed by atoms with Crippen LogP contribution in [-0.4, -0.2) is 40.9 Å². The Hall–Kier alpha value is -2.88. The van der Waals surface area contributed by atoms with Crippen LogP contribution >= 0.6 is 0 Å². The maximum Gasteiger partial charge on any atom is 0.332 e. The van der Waals surface area contributed by atoms with Crippen molar-refractivity contribution in [2.24, 2.45) is 0 Å². The summed E-state index contributed by atoms with van der Waals surface area (Å²) in [6, 6.07) is 8.28. The van der Waals surface area contributed by atoms with Crippen molar-refractivity contribution in [3.05, 3.63) is 29.8 Å². The van der Waals surface area contributed by atoms with Crippen LogP contribution in [-0.2, 0) is 9.59 Å². The van der Waals surface area contributed by atoms with Gasteiger partial charge in [0.05, 0.1) is 6.07 Å². The van der Waals surface area contributed by atoms with E-state index in [4.69, 9.17) is 0 Å². The number of carbonyl (C=O) groups excluding carboxylic acids is 3. The van der Waals surface area contributed by atoms with Crippen molar-refractivity contribution in [1.29, 1.82) is 5.26 Å². The number of imide groups is 1. The van der Waals surface area contributed by atoms with Gasteiger partial charge in [-0.05, 0) is 51.7 Å². The van der Waals surface area contributed by atoms with Crippen LogP contribution in [0, 0.1) is 18.3 Å². The first-order valence-electron chi connectivity index (χ1n) is 8.80. The summed E-state index contributed by atoms with van der Waals surface area (Å²) >= 11 is 0. The average molecular weight is 354 g/mol. The summed E-state index contributed by atoms with van der Waals surface area (Å²) in [6.07, 6.45) is 2.97. The van der Waals surface area contributed by atoms with E-state index in [0.29, 0.717) is 18.5 Å². The van der Waals surface area contributed by atoms with Crippen molar-refractivity contribution >= 4 is 23.5 Å². The van der Waals surface area contributed by atoms with Crippen LogP contribution in [0.15, 0.2) is 24.3 Å². The lowest BCUT2D eigenvalue weighted by Gasteiger charge is -2.23. The molecule has 1 aromatic rings. The molecule has 2 fully saturated rings. The summed E-state index contributed by atoms with van der Waals surface area (Å²) in [5, 5.41) is 12.1. The predicted octanol–water partition coefficient (Wildman–Crippen LogP) is 2.10. The summed E-state index contributed by atoms with van der Waals surface area (Å²) in [5.41, 5.74) is 0.799. The number of nitrogens with zero attached hydrogens (tertiary/aromatic N) is 3. The molecule has 7 heteroatoms. The molecule has 3 rings (SSSR count). The highest BCUT2D eigenvalue weighted by molar-refractivity contribution is 6.15. The Morgan fingerprint density at radius 3 is 2.46 bits per heavy atom. The van der Waals surface area contributed by atoms with Gasteiger partial charge in [-0.3, -0.25) is 19.4 Å². The maximum atomic E-state index is 12.7. The average Bonchev–Trinajstić information content (AvgIpc) is 3.16. The van der Waals surface area contributed by atoms with Gasteiger partial charge in [0.1, 0.15) is 18.1 Å². The summed E-state index contributed by atoms with van der Waals surface area (Å²) in [6.45, 7) is 3.22. The van der Waals surface area contributed by atoms with Crippen molar-refractivity contribution in [2.45, 2.75) is 51.1 Å². The van der Waals surface area contributed by atoms with Gasteiger partial charge in [0, 0.05) is 5.69 Å². The molecular formula is C19H22N4O3. The molecule has 26 heavy (non-hydrogen) atoms. The lowest BCUT2D eigenvalue weighted by atomic mass is 10.00. The van der Waals surface area contributed by atoms with E-state index in [1.807, 2.05) is 19.1 Å². The van der Waals surface area contributed by atoms with Crippen LogP contribution < -0.4 is 10.2 Å². The van der Waals surface area contributed by atoms with Gasteiger partial charge in [-0.2, -0.15) is 5.26 Å². The van der Waals surface area contributed by atoms with Crippen molar-refractivity contribution in [3.8, 4) is 6.07 Å². The Labute approximate surface area is 152 Å². The number of nitrogens with one attached hydrogen (secondary N) is 1. The minimum atomic E-state index is -0.870. The van der Waals surface area contributed by atoms with Crippen molar-refractivity contribution in [1.82, 2.24) is 10.2 Å². The molecule has 2 aliphatic rings. The summed E-state index contributed by atoms with van der Waals surface area (Å²) in [4.78, 5) is 40.0. The molecule has 0 unspecified atom stereocenters. The monoisotopic (exact) mass is 354 g/mol. The molecule has 0 aromatic heterocycles. The zero-order chi connectivity index (χ0) is 18.9. The topological polar surface area (TPSA) is 93.5 Å². The SMILES string of the molecule is Cc1ccc(N2C(=O)N(CC(=O)NC3(C#N)CCCC3)C(=O)[C@H]2C)cc1. The molecule has 0 radical (unpaired) electrons. The third-order valence-electron chi connectivity index (χ3n) is 5.11. The van der Waals surface area contributed by atoms with Gasteiger partial charge in [0.25, 0.3) is 5.91 Å². The highest BCUT2D eigenvalue weighted by Gasteiger charge is 2.45. The zero-order valence-electron chi connectivity index (χ0n) is 15.0. The Bertz CT molecular complexity index is 775. The Morgan fingerprint density at radius 1 is 1.27 bits per heavy atom. The molecule has 0 bridgehead atoms. The van der Waals surface area contributed by atoms with E-state index in [2.05, 4.69) is 11.4 Å². The fourth-order valence-electron chi connectivity index (χ4n) is 3.60. The minimum absolute atomic E-state index is 0.367. The molecule has 1 saturated carbocycles. The molecule has 1 saturated heterocycles. The second-order valence-corrected chi connectivity index (χ2v) is 7.04. The van der Waals surface area contributed by atoms with Gasteiger partial charge in [0.15, 0.2) is 0 Å². The number of hydrogen-bond donors (Lipinski definition) is 1. The van der Waals surface area contributed by atoms with Gasteiger partial charge in [0.2, 0.25) is 5.91 Å². The number of rotatable bonds is 4. The smallest absolute Gasteiger partial charge is 0.332 e. The lowest BCUT2D eigenvalue weighted by molar-refractivity contribution is -0.132. The number of hydrogen-bond acceptors (Lipinski definition) is 4. The standard InChI is InChI=1S/C19H22N4O3/c1-13-5-7-15(8-6-13)23-14(2)17(25)22(18(23)26)11-16(24)21-19(12-20)9-3-4-10-19/h5-8,14H,3-4,9-11H2,1-2H3,(H,21,24)/t14-/m1/s1. The van der Waals surface area contributed by atoms with Crippen LogP contribution in [0.4, 0.5) is 10.5 Å². The van der Waals surface area contributed by atoms with Crippen molar-refractivity contribution < 1.29 is 14.4 Å². The van der Waals surface area contributed by atoms with E-state index in [1.165, 1.54) is 4.90 Å². The minimum Gasteiger partial charge on any atom is -0.336 e. The Balaban J connectivity index is 1.73. The third-order valence-corrected chi connectivity index (χ3v) is 5.11. The van der Waals surface area contributed by atoms with Crippen LogP contribution in [0.2, 0.25) is 0 Å². The first kappa shape index (κ1) is 17.9. The molecule has 1 atom stereocenters. The molecule has 1 aliphatic carbocycles. The molecule has 1 aromatic carbocycles. The first-order chi connectivity index (χ1) is 12.4. The number of nitriles is 1. The van der Waals surface area contributed by atoms with Crippen LogP contribution in [0.3, 0.4) is 0 Å². The Morgan fingerprint density at radius 2 is 1.88 bits per heavy atom. The molecule has 1 heterocycles. The molecule has 0 spiro atoms. The molecular weight excluding hydrogens is 332 g/mol. The van der Waals surface area contributed by atoms with E-state index >= 15 is 0 Å². The number of urea groups is 1. The van der Waals surface area contributed by atoms with Gasteiger partial charge < -0.3 is 5.32 Å². The van der Waals surface area contributed by atoms with E-state index in [9.17, 15) is 19.6 Å². The molecule has 1 aliphatic heterocycles. The maximum absolute atomic E-state index is 12.7. The van der Waals surface area contributed by atoms with E-state index in [-0.39, 0.29) is 6.54 Å². The second-order valence-electron chi connectivity index (χ2n) is 7.04. The number of benzene rings is 1. The van der Waals surface area contributed by atoms with E-state index in [1.54, 1.807) is 19.1 Å². The van der Waals surface area contributed by atoms with Crippen LogP contribution in [0.25, 0.3) is 0 Å². The molecule has 7 nitrogen and oxygen atoms in total. The normalized spacial score (nSPS) is 21.8. The highest BCUT2D eigenvalue weighted by atomic mass is 16.2. The third kappa shape index (κ3) is 3.15. The summed E-state index contributed by atoms with van der Waals surface area (Å²) < 4.78 is 0. The zero-order valence-corrected chi connectivity index (χ0v) is 15.0. The first-order valence-corrected chi connectivity index (χ1v) is 8.80. The Kier molecular flexibility index (Phi) is 4.68. The number of carbonyl (C=O) groups is 3. The molecule has 4 amide bonds. The van der Waals surface area contributed by atoms with Crippen molar-refractivity contribution in [3.63, 3.8) is 0 Å². The van der Waals surface area contributed by atoms with Gasteiger partial charge in [-0.15, -0.1) is 0 Å². The second kappa shape index (κ2) is 6.79. The van der Waals surface area contributed by atoms with Gasteiger partial charge in [-0.1, -0.05) is 17.7 Å². The number of amides is 4. The molecule has 136 valence electrons. The van der Waals surface area contributed by atoms with Crippen LogP contribution in [0.5, 0.6) is 0 Å². The van der Waals surface area contributed by atoms with Gasteiger partial charge in [-0.25, -0.2) is 4.79 Å². The predicted molar refractivity (Wildman–Crippen MR) is 95.2 cm³/mol.